The first-order chi connectivity index (χ1) is 9.65. The lowest BCUT2D eigenvalue weighted by atomic mass is 10.2. The minimum atomic E-state index is -0.362. The largest absolute Gasteiger partial charge is 0.426 e. The van der Waals surface area contributed by atoms with E-state index in [2.05, 4.69) is 5.32 Å². The third kappa shape index (κ3) is 4.20. The monoisotopic (exact) mass is 289 g/mol. The van der Waals surface area contributed by atoms with Gasteiger partial charge in [0.2, 0.25) is 0 Å². The fourth-order valence-electron chi connectivity index (χ4n) is 1.56. The van der Waals surface area contributed by atoms with E-state index in [1.165, 1.54) is 11.3 Å². The molecule has 104 valence electrons. The molecule has 5 heteroatoms. The summed E-state index contributed by atoms with van der Waals surface area (Å²) < 4.78 is 5.15. The van der Waals surface area contributed by atoms with E-state index in [1.807, 2.05) is 24.4 Å². The van der Waals surface area contributed by atoms with Crippen LogP contribution in [0.5, 0.6) is 5.75 Å². The minimum absolute atomic E-state index is 0.143. The number of carbonyl (C=O) groups is 2. The molecule has 0 aliphatic carbocycles. The number of hydrogen-bond donors (Lipinski definition) is 1. The number of benzene rings is 1. The molecule has 1 aromatic heterocycles. The van der Waals surface area contributed by atoms with Gasteiger partial charge in [0.1, 0.15) is 5.75 Å². The lowest BCUT2D eigenvalue weighted by Gasteiger charge is -2.05. The zero-order valence-corrected chi connectivity index (χ0v) is 11.9. The van der Waals surface area contributed by atoms with Crippen LogP contribution in [0.2, 0.25) is 0 Å². The topological polar surface area (TPSA) is 55.4 Å². The molecule has 0 saturated heterocycles. The lowest BCUT2D eigenvalue weighted by Crippen LogP contribution is -2.26. The molecule has 1 heterocycles. The molecule has 0 fully saturated rings. The maximum atomic E-state index is 11.6. The molecule has 0 radical (unpaired) electrons. The molecular formula is C15H15NO3S. The van der Waals surface area contributed by atoms with Crippen LogP contribution in [-0.4, -0.2) is 18.4 Å². The Labute approximate surface area is 121 Å². The van der Waals surface area contributed by atoms with Crippen LogP contribution in [0.25, 0.3) is 0 Å². The van der Waals surface area contributed by atoms with Gasteiger partial charge in [-0.1, -0.05) is 17.7 Å². The Kier molecular flexibility index (Phi) is 4.90. The highest BCUT2D eigenvalue weighted by atomic mass is 32.1. The maximum absolute atomic E-state index is 11.6. The van der Waals surface area contributed by atoms with Crippen molar-refractivity contribution in [3.8, 4) is 5.75 Å². The van der Waals surface area contributed by atoms with Crippen LogP contribution in [0, 0.1) is 6.92 Å². The summed E-state index contributed by atoms with van der Waals surface area (Å²) in [7, 11) is 0. The van der Waals surface area contributed by atoms with E-state index in [9.17, 15) is 9.59 Å². The second-order valence-electron chi connectivity index (χ2n) is 4.31. The van der Waals surface area contributed by atoms with Gasteiger partial charge in [-0.05, 0) is 30.5 Å². The zero-order chi connectivity index (χ0) is 14.4. The summed E-state index contributed by atoms with van der Waals surface area (Å²) >= 11 is 1.46. The standard InChI is InChI=1S/C15H15NO3S/c1-11-2-4-13(5-3-11)19-14(17)6-8-16-15(18)12-7-9-20-10-12/h2-5,7,9-10H,6,8H2,1H3,(H,16,18). The third-order valence-corrected chi connectivity index (χ3v) is 3.33. The van der Waals surface area contributed by atoms with Gasteiger partial charge in [0, 0.05) is 17.5 Å². The number of rotatable bonds is 5. The Balaban J connectivity index is 1.73. The number of aryl methyl sites for hydroxylation is 1. The van der Waals surface area contributed by atoms with Crippen LogP contribution in [0.15, 0.2) is 41.1 Å². The van der Waals surface area contributed by atoms with E-state index in [1.54, 1.807) is 23.6 Å². The predicted molar refractivity (Wildman–Crippen MR) is 78.1 cm³/mol. The molecule has 0 aliphatic heterocycles. The maximum Gasteiger partial charge on any atom is 0.312 e. The van der Waals surface area contributed by atoms with E-state index in [0.29, 0.717) is 11.3 Å². The van der Waals surface area contributed by atoms with Crippen molar-refractivity contribution >= 4 is 23.2 Å². The Morgan fingerprint density at radius 1 is 1.20 bits per heavy atom. The summed E-state index contributed by atoms with van der Waals surface area (Å²) in [4.78, 5) is 23.2. The second-order valence-corrected chi connectivity index (χ2v) is 5.09. The number of thiophene rings is 1. The second kappa shape index (κ2) is 6.86. The average Bonchev–Trinajstić information content (AvgIpc) is 2.95. The molecule has 0 bridgehead atoms. The molecular weight excluding hydrogens is 274 g/mol. The van der Waals surface area contributed by atoms with Gasteiger partial charge >= 0.3 is 5.97 Å². The smallest absolute Gasteiger partial charge is 0.312 e. The highest BCUT2D eigenvalue weighted by Crippen LogP contribution is 2.12. The molecule has 0 unspecified atom stereocenters. The van der Waals surface area contributed by atoms with E-state index >= 15 is 0 Å². The lowest BCUT2D eigenvalue weighted by molar-refractivity contribution is -0.134. The Hall–Kier alpha value is -2.14. The first-order valence-corrected chi connectivity index (χ1v) is 7.17. The van der Waals surface area contributed by atoms with Crippen LogP contribution >= 0.6 is 11.3 Å². The molecule has 0 atom stereocenters. The van der Waals surface area contributed by atoms with Crippen molar-refractivity contribution in [3.05, 3.63) is 52.2 Å². The highest BCUT2D eigenvalue weighted by Gasteiger charge is 2.08. The third-order valence-electron chi connectivity index (χ3n) is 2.65. The van der Waals surface area contributed by atoms with Crippen molar-refractivity contribution in [2.24, 2.45) is 0 Å². The molecule has 1 amide bonds. The molecule has 4 nitrogen and oxygen atoms in total. The van der Waals surface area contributed by atoms with Crippen LogP contribution in [-0.2, 0) is 4.79 Å². The van der Waals surface area contributed by atoms with Crippen molar-refractivity contribution in [1.29, 1.82) is 0 Å². The summed E-state index contributed by atoms with van der Waals surface area (Å²) in [5.41, 5.74) is 1.72. The highest BCUT2D eigenvalue weighted by molar-refractivity contribution is 7.08. The molecule has 1 aromatic carbocycles. The van der Waals surface area contributed by atoms with Crippen LogP contribution in [0.4, 0.5) is 0 Å². The van der Waals surface area contributed by atoms with E-state index in [-0.39, 0.29) is 24.8 Å². The van der Waals surface area contributed by atoms with Gasteiger partial charge in [-0.15, -0.1) is 0 Å². The van der Waals surface area contributed by atoms with Crippen LogP contribution in [0.1, 0.15) is 22.3 Å². The van der Waals surface area contributed by atoms with Gasteiger partial charge < -0.3 is 10.1 Å². The fraction of sp³-hybridized carbons (Fsp3) is 0.200. The summed E-state index contributed by atoms with van der Waals surface area (Å²) in [5, 5.41) is 6.28. The number of nitrogens with one attached hydrogen (secondary N) is 1. The SMILES string of the molecule is Cc1ccc(OC(=O)CCNC(=O)c2ccsc2)cc1. The quantitative estimate of drug-likeness (QED) is 0.680. The summed E-state index contributed by atoms with van der Waals surface area (Å²) in [5.74, 6) is -0.0152. The van der Waals surface area contributed by atoms with Gasteiger partial charge in [0.05, 0.1) is 6.42 Å². The number of amides is 1. The number of esters is 1. The van der Waals surface area contributed by atoms with Gasteiger partial charge in [-0.3, -0.25) is 9.59 Å². The Morgan fingerprint density at radius 2 is 1.95 bits per heavy atom. The average molecular weight is 289 g/mol. The molecule has 0 spiro atoms. The van der Waals surface area contributed by atoms with Crippen molar-refractivity contribution in [2.75, 3.05) is 6.54 Å². The predicted octanol–water partition coefficient (Wildman–Crippen LogP) is 2.78. The normalized spacial score (nSPS) is 10.1. The van der Waals surface area contributed by atoms with Gasteiger partial charge in [-0.25, -0.2) is 0 Å². The number of ether oxygens (including phenoxy) is 1. The molecule has 20 heavy (non-hydrogen) atoms. The molecule has 1 N–H and O–H groups in total. The van der Waals surface area contributed by atoms with Gasteiger partial charge in [0.25, 0.3) is 5.91 Å². The summed E-state index contributed by atoms with van der Waals surface area (Å²) in [6, 6.07) is 8.99. The van der Waals surface area contributed by atoms with Crippen molar-refractivity contribution in [2.45, 2.75) is 13.3 Å². The van der Waals surface area contributed by atoms with Crippen molar-refractivity contribution in [3.63, 3.8) is 0 Å². The summed E-state index contributed by atoms with van der Waals surface area (Å²) in [6.07, 6.45) is 0.143. The van der Waals surface area contributed by atoms with Crippen molar-refractivity contribution in [1.82, 2.24) is 5.32 Å². The van der Waals surface area contributed by atoms with Crippen LogP contribution < -0.4 is 10.1 Å². The van der Waals surface area contributed by atoms with Gasteiger partial charge in [-0.2, -0.15) is 11.3 Å². The first kappa shape index (κ1) is 14.3. The molecule has 2 aromatic rings. The molecule has 0 aliphatic rings. The molecule has 2 rings (SSSR count). The number of carbonyl (C=O) groups excluding carboxylic acids is 2. The van der Waals surface area contributed by atoms with E-state index in [4.69, 9.17) is 4.74 Å². The van der Waals surface area contributed by atoms with Crippen molar-refractivity contribution < 1.29 is 14.3 Å². The zero-order valence-electron chi connectivity index (χ0n) is 11.1. The van der Waals surface area contributed by atoms with Gasteiger partial charge in [0.15, 0.2) is 0 Å². The van der Waals surface area contributed by atoms with E-state index < -0.39 is 0 Å². The Morgan fingerprint density at radius 3 is 2.60 bits per heavy atom. The fourth-order valence-corrected chi connectivity index (χ4v) is 2.20. The Bertz CT molecular complexity index is 576. The molecule has 0 saturated carbocycles. The number of hydrogen-bond acceptors (Lipinski definition) is 4. The minimum Gasteiger partial charge on any atom is -0.426 e. The van der Waals surface area contributed by atoms with E-state index in [0.717, 1.165) is 5.56 Å². The van der Waals surface area contributed by atoms with Crippen LogP contribution in [0.3, 0.4) is 0 Å². The summed E-state index contributed by atoms with van der Waals surface area (Å²) in [6.45, 7) is 2.23. The first-order valence-electron chi connectivity index (χ1n) is 6.23.